The van der Waals surface area contributed by atoms with Gasteiger partial charge in [0.05, 0.1) is 17.6 Å². The largest absolute Gasteiger partial charge is 0.352 e. The summed E-state index contributed by atoms with van der Waals surface area (Å²) in [5, 5.41) is 4.88. The molecule has 9 heteroatoms. The van der Waals surface area contributed by atoms with Crippen molar-refractivity contribution in [3.05, 3.63) is 80.4 Å². The van der Waals surface area contributed by atoms with Gasteiger partial charge in [-0.15, -0.1) is 0 Å². The molecule has 2 heterocycles. The fourth-order valence-corrected chi connectivity index (χ4v) is 5.71. The monoisotopic (exact) mass is 589 g/mol. The second-order valence-corrected chi connectivity index (χ2v) is 10.8. The molecule has 36 heavy (non-hydrogen) atoms. The topological polar surface area (TPSA) is 71.4 Å². The minimum atomic E-state index is -0.216. The SMILES string of the molecule is C=CC(=O)N1CC(CC(=O)Cn2cc(C(=O)NCCc3ccc(Cl)cc3Cl)c3cc(Br)cc(C)c32)C1. The molecule has 0 atom stereocenters. The average Bonchev–Trinajstić information content (AvgIpc) is 3.15. The zero-order chi connectivity index (χ0) is 26.0. The van der Waals surface area contributed by atoms with Crippen LogP contribution in [-0.2, 0) is 22.6 Å². The zero-order valence-corrected chi connectivity index (χ0v) is 22.9. The van der Waals surface area contributed by atoms with Crippen LogP contribution in [-0.4, -0.2) is 46.7 Å². The van der Waals surface area contributed by atoms with E-state index in [9.17, 15) is 14.4 Å². The number of rotatable bonds is 9. The summed E-state index contributed by atoms with van der Waals surface area (Å²) in [6.07, 6.45) is 4.00. The smallest absolute Gasteiger partial charge is 0.253 e. The van der Waals surface area contributed by atoms with Crippen molar-refractivity contribution in [3.8, 4) is 0 Å². The molecule has 2 amide bonds. The standard InChI is InChI=1S/C27H26BrCl2N3O3/c1-3-25(35)32-12-17(13-32)9-21(34)14-33-15-23(22-10-19(28)8-16(2)26(22)33)27(36)31-7-6-18-4-5-20(29)11-24(18)30/h3-5,8,10-11,15,17H,1,6-7,9,12-14H2,2H3,(H,31,36). The van der Waals surface area contributed by atoms with Gasteiger partial charge in [0.2, 0.25) is 5.91 Å². The third kappa shape index (κ3) is 5.85. The van der Waals surface area contributed by atoms with E-state index in [2.05, 4.69) is 27.8 Å². The number of hydrogen-bond donors (Lipinski definition) is 1. The number of fused-ring (bicyclic) bond motifs is 1. The quantitative estimate of drug-likeness (QED) is 0.330. The van der Waals surface area contributed by atoms with Gasteiger partial charge >= 0.3 is 0 Å². The molecule has 1 aromatic heterocycles. The third-order valence-electron chi connectivity index (χ3n) is 6.37. The first-order valence-corrected chi connectivity index (χ1v) is 13.1. The van der Waals surface area contributed by atoms with Crippen LogP contribution in [0.25, 0.3) is 10.9 Å². The Labute approximate surface area is 228 Å². The lowest BCUT2D eigenvalue weighted by Gasteiger charge is -2.38. The van der Waals surface area contributed by atoms with Gasteiger partial charge in [0.25, 0.3) is 5.91 Å². The molecule has 3 aromatic rings. The van der Waals surface area contributed by atoms with Gasteiger partial charge in [0.15, 0.2) is 5.78 Å². The maximum absolute atomic E-state index is 13.1. The van der Waals surface area contributed by atoms with Gasteiger partial charge in [0.1, 0.15) is 0 Å². The lowest BCUT2D eigenvalue weighted by molar-refractivity contribution is -0.134. The fraction of sp³-hybridized carbons (Fsp3) is 0.296. The van der Waals surface area contributed by atoms with E-state index < -0.39 is 0 Å². The van der Waals surface area contributed by atoms with Crippen molar-refractivity contribution in [1.29, 1.82) is 0 Å². The minimum Gasteiger partial charge on any atom is -0.352 e. The molecule has 1 aliphatic heterocycles. The first-order chi connectivity index (χ1) is 17.2. The Morgan fingerprint density at radius 1 is 1.19 bits per heavy atom. The number of aryl methyl sites for hydroxylation is 1. The number of aromatic nitrogens is 1. The summed E-state index contributed by atoms with van der Waals surface area (Å²) in [7, 11) is 0. The normalized spacial score (nSPS) is 13.5. The molecule has 0 radical (unpaired) electrons. The molecule has 0 bridgehead atoms. The highest BCUT2D eigenvalue weighted by Crippen LogP contribution is 2.29. The number of Topliss-reactive ketones (excluding diaryl/α,β-unsaturated/α-hetero) is 1. The van der Waals surface area contributed by atoms with Gasteiger partial charge in [-0.3, -0.25) is 14.4 Å². The van der Waals surface area contributed by atoms with E-state index in [0.29, 0.717) is 48.1 Å². The minimum absolute atomic E-state index is 0.0641. The van der Waals surface area contributed by atoms with Gasteiger partial charge in [0, 0.05) is 58.1 Å². The lowest BCUT2D eigenvalue weighted by Crippen LogP contribution is -2.50. The van der Waals surface area contributed by atoms with E-state index >= 15 is 0 Å². The highest BCUT2D eigenvalue weighted by atomic mass is 79.9. The summed E-state index contributed by atoms with van der Waals surface area (Å²) in [6.45, 7) is 7.17. The first-order valence-electron chi connectivity index (χ1n) is 11.6. The third-order valence-corrected chi connectivity index (χ3v) is 7.42. The van der Waals surface area contributed by atoms with Gasteiger partial charge < -0.3 is 14.8 Å². The number of carbonyl (C=O) groups excluding carboxylic acids is 3. The first kappa shape index (κ1) is 26.5. The van der Waals surface area contributed by atoms with Gasteiger partial charge in [-0.25, -0.2) is 0 Å². The predicted molar refractivity (Wildman–Crippen MR) is 147 cm³/mol. The molecule has 6 nitrogen and oxygen atoms in total. The van der Waals surface area contributed by atoms with Gasteiger partial charge in [-0.05, 0) is 54.8 Å². The van der Waals surface area contributed by atoms with E-state index in [-0.39, 0.29) is 30.1 Å². The molecule has 1 N–H and O–H groups in total. The number of nitrogens with zero attached hydrogens (tertiary/aromatic N) is 2. The van der Waals surface area contributed by atoms with Crippen molar-refractivity contribution in [2.45, 2.75) is 26.3 Å². The van der Waals surface area contributed by atoms with Crippen LogP contribution < -0.4 is 5.32 Å². The molecule has 2 aromatic carbocycles. The maximum atomic E-state index is 13.1. The van der Waals surface area contributed by atoms with E-state index in [1.54, 1.807) is 23.2 Å². The number of ketones is 1. The Morgan fingerprint density at radius 2 is 1.94 bits per heavy atom. The van der Waals surface area contributed by atoms with E-state index in [1.165, 1.54) is 6.08 Å². The highest BCUT2D eigenvalue weighted by molar-refractivity contribution is 9.10. The Kier molecular flexibility index (Phi) is 8.23. The highest BCUT2D eigenvalue weighted by Gasteiger charge is 2.31. The Morgan fingerprint density at radius 3 is 2.64 bits per heavy atom. The number of halogens is 3. The van der Waals surface area contributed by atoms with Crippen LogP contribution in [0.1, 0.15) is 27.9 Å². The molecule has 4 rings (SSSR count). The summed E-state index contributed by atoms with van der Waals surface area (Å²) >= 11 is 15.7. The molecule has 1 fully saturated rings. The Bertz CT molecular complexity index is 1360. The predicted octanol–water partition coefficient (Wildman–Crippen LogP) is 5.60. The van der Waals surface area contributed by atoms with Crippen molar-refractivity contribution in [2.75, 3.05) is 19.6 Å². The number of amides is 2. The summed E-state index contributed by atoms with van der Waals surface area (Å²) < 4.78 is 2.72. The fourth-order valence-electron chi connectivity index (χ4n) is 4.63. The molecule has 0 aliphatic carbocycles. The summed E-state index contributed by atoms with van der Waals surface area (Å²) in [4.78, 5) is 39.3. The average molecular weight is 591 g/mol. The van der Waals surface area contributed by atoms with Crippen LogP contribution in [0.5, 0.6) is 0 Å². The zero-order valence-electron chi connectivity index (χ0n) is 19.8. The van der Waals surface area contributed by atoms with E-state index in [0.717, 1.165) is 26.5 Å². The summed E-state index contributed by atoms with van der Waals surface area (Å²) in [5.41, 5.74) is 3.23. The Hall–Kier alpha value is -2.61. The van der Waals surface area contributed by atoms with Gasteiger partial charge in [-0.1, -0.05) is 51.8 Å². The van der Waals surface area contributed by atoms with Crippen LogP contribution in [0.15, 0.2) is 53.7 Å². The Balaban J connectivity index is 1.47. The van der Waals surface area contributed by atoms with Gasteiger partial charge in [-0.2, -0.15) is 0 Å². The second kappa shape index (κ2) is 11.2. The molecular weight excluding hydrogens is 565 g/mol. The molecule has 1 aliphatic rings. The van der Waals surface area contributed by atoms with Crippen LogP contribution >= 0.6 is 39.1 Å². The molecule has 0 spiro atoms. The van der Waals surface area contributed by atoms with Crippen molar-refractivity contribution in [3.63, 3.8) is 0 Å². The second-order valence-electron chi connectivity index (χ2n) is 9.09. The van der Waals surface area contributed by atoms with E-state index in [1.807, 2.05) is 29.7 Å². The number of hydrogen-bond acceptors (Lipinski definition) is 3. The van der Waals surface area contributed by atoms with Crippen molar-refractivity contribution < 1.29 is 14.4 Å². The molecular formula is C27H26BrCl2N3O3. The number of benzene rings is 2. The lowest BCUT2D eigenvalue weighted by atomic mass is 9.94. The van der Waals surface area contributed by atoms with E-state index in [4.69, 9.17) is 23.2 Å². The summed E-state index contributed by atoms with van der Waals surface area (Å²) in [6, 6.07) is 9.18. The number of nitrogens with one attached hydrogen (secondary N) is 1. The summed E-state index contributed by atoms with van der Waals surface area (Å²) in [5.74, 6) is -0.105. The number of carbonyl (C=O) groups is 3. The van der Waals surface area contributed by atoms with Crippen LogP contribution in [0.4, 0.5) is 0 Å². The molecule has 0 saturated carbocycles. The van der Waals surface area contributed by atoms with Crippen molar-refractivity contribution in [1.82, 2.24) is 14.8 Å². The van der Waals surface area contributed by atoms with Crippen molar-refractivity contribution >= 4 is 67.6 Å². The van der Waals surface area contributed by atoms with Crippen LogP contribution in [0.3, 0.4) is 0 Å². The molecule has 1 saturated heterocycles. The van der Waals surface area contributed by atoms with Crippen LogP contribution in [0, 0.1) is 12.8 Å². The van der Waals surface area contributed by atoms with Crippen LogP contribution in [0.2, 0.25) is 10.0 Å². The maximum Gasteiger partial charge on any atom is 0.253 e. The molecule has 188 valence electrons. The van der Waals surface area contributed by atoms with Crippen molar-refractivity contribution in [2.24, 2.45) is 5.92 Å². The molecule has 0 unspecified atom stereocenters. The number of likely N-dealkylation sites (tertiary alicyclic amines) is 1.